The van der Waals surface area contributed by atoms with E-state index in [1.165, 1.54) is 12.3 Å². The van der Waals surface area contributed by atoms with Crippen LogP contribution in [-0.4, -0.2) is 9.78 Å². The molecule has 0 N–H and O–H groups in total. The van der Waals surface area contributed by atoms with Gasteiger partial charge in [-0.05, 0) is 18.6 Å². The van der Waals surface area contributed by atoms with E-state index in [0.29, 0.717) is 5.56 Å². The number of aryl methyl sites for hydroxylation is 1. The number of aromatic nitrogens is 2. The third-order valence-corrected chi connectivity index (χ3v) is 2.40. The van der Waals surface area contributed by atoms with E-state index in [9.17, 15) is 13.2 Å². The summed E-state index contributed by atoms with van der Waals surface area (Å²) >= 11 is 0. The second-order valence-electron chi connectivity index (χ2n) is 3.47. The van der Waals surface area contributed by atoms with Crippen molar-refractivity contribution in [2.45, 2.75) is 13.5 Å². The summed E-state index contributed by atoms with van der Waals surface area (Å²) in [6, 6.07) is 3.66. The van der Waals surface area contributed by atoms with Gasteiger partial charge in [0.1, 0.15) is 0 Å². The summed E-state index contributed by atoms with van der Waals surface area (Å²) in [5, 5.41) is 3.68. The van der Waals surface area contributed by atoms with Gasteiger partial charge < -0.3 is 0 Å². The van der Waals surface area contributed by atoms with Gasteiger partial charge in [-0.1, -0.05) is 6.07 Å². The molecule has 1 aromatic heterocycles. The molecule has 0 aliphatic heterocycles. The van der Waals surface area contributed by atoms with Crippen LogP contribution in [0.5, 0.6) is 0 Å². The molecule has 84 valence electrons. The average Bonchev–Trinajstić information content (AvgIpc) is 2.65. The Bertz CT molecular complexity index is 520. The van der Waals surface area contributed by atoms with Crippen LogP contribution in [0.4, 0.5) is 13.2 Å². The van der Waals surface area contributed by atoms with Crippen LogP contribution >= 0.6 is 0 Å². The van der Waals surface area contributed by atoms with Gasteiger partial charge in [-0.15, -0.1) is 0 Å². The first-order chi connectivity index (χ1) is 7.59. The number of hydrogen-bond acceptors (Lipinski definition) is 1. The fourth-order valence-corrected chi connectivity index (χ4v) is 1.47. The van der Waals surface area contributed by atoms with E-state index < -0.39 is 17.6 Å². The first kappa shape index (κ1) is 10.7. The lowest BCUT2D eigenvalue weighted by Crippen LogP contribution is -2.08. The number of hydrogen-bond donors (Lipinski definition) is 0. The minimum atomic E-state index is -0.949. The van der Waals surface area contributed by atoms with Crippen molar-refractivity contribution >= 4 is 0 Å². The lowest BCUT2D eigenvalue weighted by atomic mass is 10.1. The zero-order chi connectivity index (χ0) is 11.7. The molecular weight excluding hydrogens is 217 g/mol. The van der Waals surface area contributed by atoms with E-state index >= 15 is 0 Å². The highest BCUT2D eigenvalue weighted by molar-refractivity contribution is 5.28. The average molecular weight is 226 g/mol. The van der Waals surface area contributed by atoms with Gasteiger partial charge in [-0.3, -0.25) is 0 Å². The van der Waals surface area contributed by atoms with Crippen molar-refractivity contribution in [3.8, 4) is 0 Å². The topological polar surface area (TPSA) is 17.8 Å². The third kappa shape index (κ3) is 1.80. The molecule has 0 saturated heterocycles. The molecule has 0 radical (unpaired) electrons. The van der Waals surface area contributed by atoms with E-state index in [-0.39, 0.29) is 12.1 Å². The van der Waals surface area contributed by atoms with E-state index in [0.717, 1.165) is 16.8 Å². The van der Waals surface area contributed by atoms with Crippen LogP contribution in [0.2, 0.25) is 0 Å². The molecule has 0 saturated carbocycles. The van der Waals surface area contributed by atoms with Crippen LogP contribution in [0.15, 0.2) is 24.4 Å². The Hall–Kier alpha value is -1.78. The monoisotopic (exact) mass is 226 g/mol. The molecule has 0 spiro atoms. The molecule has 2 rings (SSSR count). The summed E-state index contributed by atoms with van der Waals surface area (Å²) in [6.07, 6.45) is 1.27. The van der Waals surface area contributed by atoms with Crippen LogP contribution in [0.3, 0.4) is 0 Å². The van der Waals surface area contributed by atoms with Crippen molar-refractivity contribution in [3.05, 3.63) is 53.1 Å². The second-order valence-corrected chi connectivity index (χ2v) is 3.47. The molecular formula is C11H9F3N2. The van der Waals surface area contributed by atoms with Crippen LogP contribution < -0.4 is 0 Å². The Morgan fingerprint density at radius 2 is 1.94 bits per heavy atom. The fourth-order valence-electron chi connectivity index (χ4n) is 1.47. The summed E-state index contributed by atoms with van der Waals surface area (Å²) in [5.74, 6) is -2.47. The van der Waals surface area contributed by atoms with Crippen LogP contribution in [0.25, 0.3) is 0 Å². The first-order valence-electron chi connectivity index (χ1n) is 4.70. The Labute approximate surface area is 90.3 Å². The second kappa shape index (κ2) is 4.00. The largest absolute Gasteiger partial charge is 0.235 e. The maximum atomic E-state index is 13.4. The highest BCUT2D eigenvalue weighted by Gasteiger charge is 2.13. The zero-order valence-corrected chi connectivity index (χ0v) is 8.54. The Kier molecular flexibility index (Phi) is 2.68. The molecule has 1 heterocycles. The Morgan fingerprint density at radius 3 is 2.56 bits per heavy atom. The Balaban J connectivity index is 2.42. The number of halogens is 3. The van der Waals surface area contributed by atoms with Gasteiger partial charge in [-0.25, -0.2) is 13.5 Å². The maximum absolute atomic E-state index is 13.4. The predicted molar refractivity (Wildman–Crippen MR) is 52.4 cm³/mol. The van der Waals surface area contributed by atoms with Crippen molar-refractivity contribution in [2.75, 3.05) is 0 Å². The molecule has 0 atom stereocenters. The van der Waals surface area contributed by atoms with Crippen molar-refractivity contribution in [2.24, 2.45) is 0 Å². The van der Waals surface area contributed by atoms with Crippen LogP contribution in [0, 0.1) is 24.5 Å². The van der Waals surface area contributed by atoms with E-state index in [2.05, 4.69) is 5.10 Å². The number of benzene rings is 1. The summed E-state index contributed by atoms with van der Waals surface area (Å²) in [5.41, 5.74) is 0.677. The highest BCUT2D eigenvalue weighted by atomic mass is 19.2. The van der Waals surface area contributed by atoms with Crippen molar-refractivity contribution < 1.29 is 13.2 Å². The van der Waals surface area contributed by atoms with Crippen molar-refractivity contribution in [1.82, 2.24) is 9.78 Å². The van der Waals surface area contributed by atoms with Gasteiger partial charge in [0.2, 0.25) is 5.95 Å². The lowest BCUT2D eigenvalue weighted by Gasteiger charge is -2.08. The van der Waals surface area contributed by atoms with Crippen LogP contribution in [-0.2, 0) is 6.54 Å². The van der Waals surface area contributed by atoms with Gasteiger partial charge in [0.25, 0.3) is 0 Å². The third-order valence-electron chi connectivity index (χ3n) is 2.40. The van der Waals surface area contributed by atoms with Gasteiger partial charge in [0, 0.05) is 11.6 Å². The summed E-state index contributed by atoms with van der Waals surface area (Å²) < 4.78 is 40.5. The zero-order valence-electron chi connectivity index (χ0n) is 8.54. The molecule has 5 heteroatoms. The molecule has 0 aliphatic carbocycles. The standard InChI is InChI=1S/C11H9F3N2/c1-7-2-3-9(12)11(14)8(7)6-16-10(13)4-5-15-16/h2-5H,6H2,1H3. The highest BCUT2D eigenvalue weighted by Crippen LogP contribution is 2.17. The lowest BCUT2D eigenvalue weighted by molar-refractivity contribution is 0.456. The molecule has 16 heavy (non-hydrogen) atoms. The molecule has 0 bridgehead atoms. The van der Waals surface area contributed by atoms with Gasteiger partial charge in [-0.2, -0.15) is 9.49 Å². The molecule has 0 amide bonds. The maximum Gasteiger partial charge on any atom is 0.211 e. The smallest absolute Gasteiger partial charge is 0.211 e. The van der Waals surface area contributed by atoms with Gasteiger partial charge >= 0.3 is 0 Å². The molecule has 2 nitrogen and oxygen atoms in total. The van der Waals surface area contributed by atoms with E-state index in [1.54, 1.807) is 6.92 Å². The normalized spacial score (nSPS) is 10.8. The quantitative estimate of drug-likeness (QED) is 0.769. The first-order valence-corrected chi connectivity index (χ1v) is 4.70. The Morgan fingerprint density at radius 1 is 1.19 bits per heavy atom. The summed E-state index contributed by atoms with van der Waals surface area (Å²) in [6.45, 7) is 1.52. The molecule has 0 fully saturated rings. The summed E-state index contributed by atoms with van der Waals surface area (Å²) in [4.78, 5) is 0. The molecule has 2 aromatic rings. The SMILES string of the molecule is Cc1ccc(F)c(F)c1Cn1nccc1F. The fraction of sp³-hybridized carbons (Fsp3) is 0.182. The summed E-state index contributed by atoms with van der Waals surface area (Å²) in [7, 11) is 0. The van der Waals surface area contributed by atoms with Crippen LogP contribution in [0.1, 0.15) is 11.1 Å². The van der Waals surface area contributed by atoms with Crippen molar-refractivity contribution in [3.63, 3.8) is 0 Å². The van der Waals surface area contributed by atoms with E-state index in [1.807, 2.05) is 0 Å². The molecule has 0 unspecified atom stereocenters. The van der Waals surface area contributed by atoms with Crippen molar-refractivity contribution in [1.29, 1.82) is 0 Å². The van der Waals surface area contributed by atoms with E-state index in [4.69, 9.17) is 0 Å². The van der Waals surface area contributed by atoms with Gasteiger partial charge in [0.15, 0.2) is 11.6 Å². The minimum absolute atomic E-state index is 0.114. The molecule has 1 aromatic carbocycles. The molecule has 0 aliphatic rings. The predicted octanol–water partition coefficient (Wildman–Crippen LogP) is 2.66. The minimum Gasteiger partial charge on any atom is -0.235 e. The number of rotatable bonds is 2. The van der Waals surface area contributed by atoms with Gasteiger partial charge in [0.05, 0.1) is 12.7 Å². The number of nitrogens with zero attached hydrogens (tertiary/aromatic N) is 2.